The summed E-state index contributed by atoms with van der Waals surface area (Å²) >= 11 is 0. The lowest BCUT2D eigenvalue weighted by Gasteiger charge is -2.19. The third-order valence-corrected chi connectivity index (χ3v) is 4.76. The van der Waals surface area contributed by atoms with Gasteiger partial charge in [0.1, 0.15) is 0 Å². The van der Waals surface area contributed by atoms with Crippen molar-refractivity contribution < 1.29 is 36.2 Å². The van der Waals surface area contributed by atoms with Crippen LogP contribution in [0.4, 0.5) is 22.0 Å². The summed E-state index contributed by atoms with van der Waals surface area (Å²) in [6.45, 7) is -1.38. The van der Waals surface area contributed by atoms with E-state index in [4.69, 9.17) is 4.74 Å². The highest BCUT2D eigenvalue weighted by atomic mass is 19.4. The Balaban J connectivity index is 1.90. The third kappa shape index (κ3) is 5.41. The van der Waals surface area contributed by atoms with E-state index in [0.29, 0.717) is 10.2 Å². The molecule has 2 aromatic carbocycles. The molecule has 3 rings (SSSR count). The molecule has 0 radical (unpaired) electrons. The first-order valence-electron chi connectivity index (χ1n) is 9.60. The number of aryl methyl sites for hydroxylation is 1. The monoisotopic (exact) mass is 469 g/mol. The number of benzene rings is 2. The molecule has 0 N–H and O–H groups in total. The fourth-order valence-electron chi connectivity index (χ4n) is 3.21. The summed E-state index contributed by atoms with van der Waals surface area (Å²) in [5.74, 6) is -1.12. The molecule has 0 aliphatic heterocycles. The van der Waals surface area contributed by atoms with Gasteiger partial charge in [-0.2, -0.15) is 27.1 Å². The highest BCUT2D eigenvalue weighted by Gasteiger charge is 2.41. The van der Waals surface area contributed by atoms with Crippen LogP contribution in [0.25, 0.3) is 5.69 Å². The number of methoxy groups -OCH3 is 1. The lowest BCUT2D eigenvalue weighted by molar-refractivity contribution is -0.143. The van der Waals surface area contributed by atoms with E-state index in [2.05, 4.69) is 9.84 Å². The van der Waals surface area contributed by atoms with Crippen LogP contribution in [0.5, 0.6) is 11.5 Å². The molecular weight excluding hydrogens is 449 g/mol. The smallest absolute Gasteiger partial charge is 0.434 e. The maximum absolute atomic E-state index is 13.9. The van der Waals surface area contributed by atoms with Gasteiger partial charge in [-0.3, -0.25) is 4.79 Å². The maximum Gasteiger partial charge on any atom is 0.434 e. The Kier molecular flexibility index (Phi) is 6.89. The van der Waals surface area contributed by atoms with Gasteiger partial charge < -0.3 is 14.4 Å². The molecule has 0 aliphatic rings. The van der Waals surface area contributed by atoms with Gasteiger partial charge in [0.25, 0.3) is 5.91 Å². The summed E-state index contributed by atoms with van der Waals surface area (Å²) in [5.41, 5.74) is -0.356. The van der Waals surface area contributed by atoms with E-state index in [1.165, 1.54) is 44.5 Å². The van der Waals surface area contributed by atoms with Crippen LogP contribution in [-0.2, 0) is 12.7 Å². The predicted octanol–water partition coefficient (Wildman–Crippen LogP) is 5.08. The summed E-state index contributed by atoms with van der Waals surface area (Å²) in [6, 6.07) is 10.2. The van der Waals surface area contributed by atoms with Crippen LogP contribution in [-0.4, -0.2) is 41.4 Å². The average Bonchev–Trinajstić information content (AvgIpc) is 3.20. The first-order chi connectivity index (χ1) is 15.5. The molecule has 0 saturated carbocycles. The molecule has 33 heavy (non-hydrogen) atoms. The number of halogens is 5. The minimum absolute atomic E-state index is 0.00294. The molecule has 0 aliphatic carbocycles. The molecule has 0 spiro atoms. The number of hydrogen-bond donors (Lipinski definition) is 0. The largest absolute Gasteiger partial charge is 0.493 e. The first kappa shape index (κ1) is 24.0. The van der Waals surface area contributed by atoms with Crippen molar-refractivity contribution in [2.24, 2.45) is 0 Å². The van der Waals surface area contributed by atoms with Crippen molar-refractivity contribution in [1.82, 2.24) is 14.7 Å². The number of ether oxygens (including phenoxy) is 2. The Labute approximate surface area is 186 Å². The van der Waals surface area contributed by atoms with Gasteiger partial charge in [-0.15, -0.1) is 0 Å². The molecule has 0 unspecified atom stereocenters. The fraction of sp³-hybridized carbons (Fsp3) is 0.273. The summed E-state index contributed by atoms with van der Waals surface area (Å²) in [6.07, 6.45) is -3.97. The number of rotatable bonds is 7. The third-order valence-electron chi connectivity index (χ3n) is 4.76. The van der Waals surface area contributed by atoms with E-state index in [-0.39, 0.29) is 23.7 Å². The average molecular weight is 469 g/mol. The molecule has 1 aromatic heterocycles. The number of carbonyl (C=O) groups is 1. The van der Waals surface area contributed by atoms with E-state index in [9.17, 15) is 26.7 Å². The van der Waals surface area contributed by atoms with Gasteiger partial charge in [0.05, 0.1) is 24.6 Å². The molecule has 0 atom stereocenters. The molecule has 6 nitrogen and oxygen atoms in total. The van der Waals surface area contributed by atoms with Crippen molar-refractivity contribution in [3.8, 4) is 17.2 Å². The highest BCUT2D eigenvalue weighted by molar-refractivity contribution is 5.95. The summed E-state index contributed by atoms with van der Waals surface area (Å²) in [4.78, 5) is 14.0. The van der Waals surface area contributed by atoms with E-state index in [0.717, 1.165) is 16.7 Å². The van der Waals surface area contributed by atoms with Gasteiger partial charge in [-0.25, -0.2) is 4.68 Å². The number of alkyl halides is 5. The zero-order chi connectivity index (χ0) is 24.3. The Morgan fingerprint density at radius 2 is 1.79 bits per heavy atom. The Morgan fingerprint density at radius 3 is 2.36 bits per heavy atom. The number of aromatic nitrogens is 2. The van der Waals surface area contributed by atoms with Gasteiger partial charge in [-0.05, 0) is 36.8 Å². The SMILES string of the molecule is COc1cc(CN(C)C(=O)c2cnn(-c3ccc(C)cc3)c2C(F)(F)F)ccc1OC(F)F. The molecule has 176 valence electrons. The normalized spacial score (nSPS) is 11.5. The molecule has 0 bridgehead atoms. The Bertz CT molecular complexity index is 1130. The van der Waals surface area contributed by atoms with Gasteiger partial charge in [0, 0.05) is 13.6 Å². The van der Waals surface area contributed by atoms with Crippen molar-refractivity contribution in [1.29, 1.82) is 0 Å². The molecular formula is C22H20F5N3O3. The van der Waals surface area contributed by atoms with Crippen molar-refractivity contribution in [2.45, 2.75) is 26.3 Å². The summed E-state index contributed by atoms with van der Waals surface area (Å²) in [5, 5.41) is 3.80. The standard InChI is InChI=1S/C22H20F5N3O3/c1-13-4-7-15(8-5-13)30-19(22(25,26)27)16(11-28-30)20(31)29(2)12-14-6-9-17(33-21(23)24)18(10-14)32-3/h4-11,21H,12H2,1-3H3. The second kappa shape index (κ2) is 9.47. The molecule has 1 heterocycles. The maximum atomic E-state index is 13.9. The lowest BCUT2D eigenvalue weighted by Crippen LogP contribution is -2.28. The molecule has 1 amide bonds. The quantitative estimate of drug-likeness (QED) is 0.453. The van der Waals surface area contributed by atoms with Crippen molar-refractivity contribution in [3.63, 3.8) is 0 Å². The Hall–Kier alpha value is -3.63. The van der Waals surface area contributed by atoms with Gasteiger partial charge in [0.2, 0.25) is 0 Å². The summed E-state index contributed by atoms with van der Waals surface area (Å²) in [7, 11) is 2.57. The van der Waals surface area contributed by atoms with Crippen LogP contribution in [0.2, 0.25) is 0 Å². The van der Waals surface area contributed by atoms with Crippen molar-refractivity contribution in [3.05, 3.63) is 71.0 Å². The van der Waals surface area contributed by atoms with Crippen LogP contribution in [0.15, 0.2) is 48.7 Å². The number of amides is 1. The molecule has 11 heteroatoms. The van der Waals surface area contributed by atoms with Gasteiger partial charge in [-0.1, -0.05) is 23.8 Å². The molecule has 0 saturated heterocycles. The van der Waals surface area contributed by atoms with Crippen molar-refractivity contribution in [2.75, 3.05) is 14.2 Å². The fourth-order valence-corrected chi connectivity index (χ4v) is 3.21. The number of carbonyl (C=O) groups excluding carboxylic acids is 1. The number of nitrogens with zero attached hydrogens (tertiary/aromatic N) is 3. The van der Waals surface area contributed by atoms with Crippen LogP contribution in [0.3, 0.4) is 0 Å². The minimum atomic E-state index is -4.84. The Morgan fingerprint density at radius 1 is 1.12 bits per heavy atom. The van der Waals surface area contributed by atoms with Gasteiger partial charge in [0.15, 0.2) is 17.2 Å². The zero-order valence-electron chi connectivity index (χ0n) is 17.9. The van der Waals surface area contributed by atoms with Crippen molar-refractivity contribution >= 4 is 5.91 Å². The van der Waals surface area contributed by atoms with E-state index in [1.54, 1.807) is 19.1 Å². The second-order valence-corrected chi connectivity index (χ2v) is 7.18. The van der Waals surface area contributed by atoms with E-state index < -0.39 is 30.0 Å². The summed E-state index contributed by atoms with van der Waals surface area (Å²) < 4.78 is 76.7. The topological polar surface area (TPSA) is 56.6 Å². The predicted molar refractivity (Wildman–Crippen MR) is 109 cm³/mol. The molecule has 0 fully saturated rings. The highest BCUT2D eigenvalue weighted by Crippen LogP contribution is 2.35. The van der Waals surface area contributed by atoms with Crippen LogP contribution >= 0.6 is 0 Å². The minimum Gasteiger partial charge on any atom is -0.493 e. The van der Waals surface area contributed by atoms with Crippen LogP contribution in [0, 0.1) is 6.92 Å². The van der Waals surface area contributed by atoms with E-state index >= 15 is 0 Å². The molecule has 3 aromatic rings. The second-order valence-electron chi connectivity index (χ2n) is 7.18. The lowest BCUT2D eigenvalue weighted by atomic mass is 10.1. The van der Waals surface area contributed by atoms with E-state index in [1.807, 2.05) is 0 Å². The first-order valence-corrected chi connectivity index (χ1v) is 9.60. The van der Waals surface area contributed by atoms with Gasteiger partial charge >= 0.3 is 12.8 Å². The van der Waals surface area contributed by atoms with Crippen LogP contribution in [0.1, 0.15) is 27.2 Å². The number of hydrogen-bond acceptors (Lipinski definition) is 4. The zero-order valence-corrected chi connectivity index (χ0v) is 17.9. The van der Waals surface area contributed by atoms with Crippen LogP contribution < -0.4 is 9.47 Å².